The minimum Gasteiger partial charge on any atom is -0.363 e. The van der Waals surface area contributed by atoms with E-state index in [0.29, 0.717) is 0 Å². The zero-order valence-corrected chi connectivity index (χ0v) is 9.18. The highest BCUT2D eigenvalue weighted by molar-refractivity contribution is 7.92. The number of aromatic nitrogens is 3. The third-order valence-corrected chi connectivity index (χ3v) is 3.05. The van der Waals surface area contributed by atoms with Crippen LogP contribution in [0.15, 0.2) is 34.1 Å². The molecule has 10 heteroatoms. The molecule has 0 amide bonds. The average molecular weight is 256 g/mol. The number of hydrogen-bond donors (Lipinski definition) is 3. The van der Waals surface area contributed by atoms with Gasteiger partial charge in [0.05, 0.1) is 12.4 Å². The topological polar surface area (TPSA) is 136 Å². The molecule has 0 fully saturated rings. The molecule has 2 heterocycles. The first kappa shape index (κ1) is 11.3. The summed E-state index contributed by atoms with van der Waals surface area (Å²) >= 11 is 0. The maximum atomic E-state index is 11.8. The highest BCUT2D eigenvalue weighted by atomic mass is 32.2. The summed E-state index contributed by atoms with van der Waals surface area (Å²) in [7, 11) is -3.77. The van der Waals surface area contributed by atoms with E-state index in [4.69, 9.17) is 5.84 Å². The molecule has 0 bridgehead atoms. The number of hydrazine groups is 1. The summed E-state index contributed by atoms with van der Waals surface area (Å²) in [6.45, 7) is 0. The van der Waals surface area contributed by atoms with Crippen LogP contribution in [0.2, 0.25) is 0 Å². The van der Waals surface area contributed by atoms with E-state index >= 15 is 0 Å². The maximum absolute atomic E-state index is 11.8. The predicted octanol–water partition coefficient (Wildman–Crippen LogP) is -0.449. The van der Waals surface area contributed by atoms with E-state index in [-0.39, 0.29) is 16.7 Å². The van der Waals surface area contributed by atoms with Crippen LogP contribution in [0.25, 0.3) is 0 Å². The van der Waals surface area contributed by atoms with Gasteiger partial charge in [-0.3, -0.25) is 10.1 Å². The molecule has 0 aliphatic rings. The first-order valence-corrected chi connectivity index (χ1v) is 5.82. The molecule has 2 aromatic rings. The lowest BCUT2D eigenvalue weighted by Crippen LogP contribution is -2.15. The molecular weight excluding hydrogens is 248 g/mol. The van der Waals surface area contributed by atoms with Gasteiger partial charge in [-0.15, -0.1) is 0 Å². The number of nitrogen functional groups attached to an aromatic ring is 1. The Balaban J connectivity index is 2.25. The highest BCUT2D eigenvalue weighted by Crippen LogP contribution is 2.12. The number of nitrogens with zero attached hydrogens (tertiary/aromatic N) is 3. The first-order chi connectivity index (χ1) is 8.12. The Labute approximate surface area is 96.1 Å². The SMILES string of the molecule is NNc1ncc(S(=O)(=O)Nc2ccon2)cn1. The zero-order valence-electron chi connectivity index (χ0n) is 8.36. The van der Waals surface area contributed by atoms with E-state index in [1.54, 1.807) is 0 Å². The highest BCUT2D eigenvalue weighted by Gasteiger charge is 2.16. The molecule has 0 unspecified atom stereocenters. The van der Waals surface area contributed by atoms with E-state index in [0.717, 1.165) is 12.4 Å². The molecule has 0 saturated heterocycles. The molecule has 2 aromatic heterocycles. The minimum atomic E-state index is -3.77. The summed E-state index contributed by atoms with van der Waals surface area (Å²) in [5.41, 5.74) is 2.19. The lowest BCUT2D eigenvalue weighted by atomic mass is 10.7. The van der Waals surface area contributed by atoms with Crippen molar-refractivity contribution in [2.45, 2.75) is 4.90 Å². The molecule has 0 aliphatic heterocycles. The zero-order chi connectivity index (χ0) is 12.3. The van der Waals surface area contributed by atoms with Gasteiger partial charge in [0.25, 0.3) is 10.0 Å². The second-order valence-corrected chi connectivity index (χ2v) is 4.56. The fourth-order valence-corrected chi connectivity index (χ4v) is 1.87. The number of sulfonamides is 1. The van der Waals surface area contributed by atoms with Gasteiger partial charge in [0.15, 0.2) is 5.82 Å². The van der Waals surface area contributed by atoms with Crippen LogP contribution in [0, 0.1) is 0 Å². The van der Waals surface area contributed by atoms with Crippen LogP contribution in [0.1, 0.15) is 0 Å². The summed E-state index contributed by atoms with van der Waals surface area (Å²) < 4.78 is 30.2. The summed E-state index contributed by atoms with van der Waals surface area (Å²) in [4.78, 5) is 7.25. The van der Waals surface area contributed by atoms with Crippen molar-refractivity contribution in [3.8, 4) is 0 Å². The molecule has 0 atom stereocenters. The van der Waals surface area contributed by atoms with Gasteiger partial charge in [0.1, 0.15) is 11.2 Å². The van der Waals surface area contributed by atoms with Crippen LogP contribution in [0.3, 0.4) is 0 Å². The quantitative estimate of drug-likeness (QED) is 0.494. The van der Waals surface area contributed by atoms with Crippen molar-refractivity contribution in [1.29, 1.82) is 0 Å². The van der Waals surface area contributed by atoms with Crippen LogP contribution in [0.5, 0.6) is 0 Å². The second-order valence-electron chi connectivity index (χ2n) is 2.88. The summed E-state index contributed by atoms with van der Waals surface area (Å²) in [6, 6.07) is 1.37. The smallest absolute Gasteiger partial charge is 0.266 e. The predicted molar refractivity (Wildman–Crippen MR) is 57.2 cm³/mol. The minimum absolute atomic E-state index is 0.0750. The third-order valence-electron chi connectivity index (χ3n) is 1.74. The average Bonchev–Trinajstić information content (AvgIpc) is 2.81. The third kappa shape index (κ3) is 2.49. The van der Waals surface area contributed by atoms with E-state index in [9.17, 15) is 8.42 Å². The van der Waals surface area contributed by atoms with Crippen molar-refractivity contribution in [3.05, 3.63) is 24.7 Å². The van der Waals surface area contributed by atoms with E-state index in [1.165, 1.54) is 12.3 Å². The number of nitrogens with two attached hydrogens (primary N) is 1. The Morgan fingerprint density at radius 2 is 2.00 bits per heavy atom. The molecule has 0 aromatic carbocycles. The molecule has 90 valence electrons. The Morgan fingerprint density at radius 3 is 2.53 bits per heavy atom. The van der Waals surface area contributed by atoms with Gasteiger partial charge >= 0.3 is 0 Å². The van der Waals surface area contributed by atoms with Crippen LogP contribution in [0.4, 0.5) is 11.8 Å². The van der Waals surface area contributed by atoms with Gasteiger partial charge in [-0.25, -0.2) is 24.2 Å². The fourth-order valence-electron chi connectivity index (χ4n) is 0.991. The number of rotatable bonds is 4. The molecule has 17 heavy (non-hydrogen) atoms. The summed E-state index contributed by atoms with van der Waals surface area (Å²) in [5.74, 6) is 5.25. The Kier molecular flexibility index (Phi) is 2.89. The normalized spacial score (nSPS) is 11.1. The largest absolute Gasteiger partial charge is 0.363 e. The van der Waals surface area contributed by atoms with Crippen molar-refractivity contribution in [2.75, 3.05) is 10.1 Å². The molecule has 0 saturated carbocycles. The monoisotopic (exact) mass is 256 g/mol. The van der Waals surface area contributed by atoms with Gasteiger partial charge in [-0.05, 0) is 0 Å². The van der Waals surface area contributed by atoms with Crippen molar-refractivity contribution in [2.24, 2.45) is 5.84 Å². The molecule has 2 rings (SSSR count). The number of anilines is 2. The van der Waals surface area contributed by atoms with Crippen molar-refractivity contribution >= 4 is 21.8 Å². The molecule has 0 aliphatic carbocycles. The maximum Gasteiger partial charge on any atom is 0.266 e. The molecule has 4 N–H and O–H groups in total. The number of hydrogen-bond acceptors (Lipinski definition) is 8. The van der Waals surface area contributed by atoms with E-state index in [1.807, 2.05) is 0 Å². The van der Waals surface area contributed by atoms with Crippen molar-refractivity contribution in [3.63, 3.8) is 0 Å². The summed E-state index contributed by atoms with van der Waals surface area (Å²) in [5, 5.41) is 3.42. The Morgan fingerprint density at radius 1 is 1.29 bits per heavy atom. The van der Waals surface area contributed by atoms with Gasteiger partial charge in [0, 0.05) is 6.07 Å². The lowest BCUT2D eigenvalue weighted by molar-refractivity contribution is 0.423. The standard InChI is InChI=1S/C7H8N6O3S/c8-11-7-9-3-5(4-10-7)17(14,15)13-6-1-2-16-12-6/h1-4H,8H2,(H,12,13)(H,9,10,11). The molecule has 0 radical (unpaired) electrons. The first-order valence-electron chi connectivity index (χ1n) is 4.34. The number of nitrogens with one attached hydrogen (secondary N) is 2. The van der Waals surface area contributed by atoms with Crippen LogP contribution < -0.4 is 16.0 Å². The molecular formula is C7H8N6O3S. The van der Waals surface area contributed by atoms with E-state index < -0.39 is 10.0 Å². The van der Waals surface area contributed by atoms with Crippen LogP contribution in [-0.2, 0) is 10.0 Å². The Hall–Kier alpha value is -2.20. The van der Waals surface area contributed by atoms with Gasteiger partial charge < -0.3 is 4.52 Å². The van der Waals surface area contributed by atoms with Gasteiger partial charge in [-0.1, -0.05) is 5.16 Å². The lowest BCUT2D eigenvalue weighted by Gasteiger charge is -2.04. The van der Waals surface area contributed by atoms with Gasteiger partial charge in [0.2, 0.25) is 5.95 Å². The molecule has 0 spiro atoms. The van der Waals surface area contributed by atoms with Gasteiger partial charge in [-0.2, -0.15) is 0 Å². The molecule has 9 nitrogen and oxygen atoms in total. The van der Waals surface area contributed by atoms with Crippen LogP contribution in [-0.4, -0.2) is 23.5 Å². The Bertz CT molecular complexity index is 579. The fraction of sp³-hybridized carbons (Fsp3) is 0. The van der Waals surface area contributed by atoms with Crippen LogP contribution >= 0.6 is 0 Å². The summed E-state index contributed by atoms with van der Waals surface area (Å²) in [6.07, 6.45) is 3.48. The van der Waals surface area contributed by atoms with Crippen molar-refractivity contribution < 1.29 is 12.9 Å². The van der Waals surface area contributed by atoms with E-state index in [2.05, 4.69) is 29.8 Å². The second kappa shape index (κ2) is 4.35. The van der Waals surface area contributed by atoms with Crippen molar-refractivity contribution in [1.82, 2.24) is 15.1 Å².